The second-order valence-corrected chi connectivity index (χ2v) is 6.11. The number of hydrogen-bond acceptors (Lipinski definition) is 3. The van der Waals surface area contributed by atoms with E-state index < -0.39 is 0 Å². The molecule has 1 unspecified atom stereocenters. The molecule has 2 heterocycles. The lowest BCUT2D eigenvalue weighted by atomic mass is 10.1. The van der Waals surface area contributed by atoms with Gasteiger partial charge in [0.1, 0.15) is 0 Å². The van der Waals surface area contributed by atoms with Crippen LogP contribution >= 0.6 is 0 Å². The Hall–Kier alpha value is -1.30. The highest BCUT2D eigenvalue weighted by atomic mass is 16.2. The van der Waals surface area contributed by atoms with Crippen molar-refractivity contribution in [3.63, 3.8) is 0 Å². The van der Waals surface area contributed by atoms with Crippen LogP contribution in [0.25, 0.3) is 0 Å². The molecule has 0 aromatic rings. The van der Waals surface area contributed by atoms with Gasteiger partial charge in [-0.1, -0.05) is 0 Å². The van der Waals surface area contributed by atoms with Gasteiger partial charge in [-0.2, -0.15) is 0 Å². The van der Waals surface area contributed by atoms with Gasteiger partial charge in [0.2, 0.25) is 5.91 Å². The lowest BCUT2D eigenvalue weighted by Crippen LogP contribution is -2.58. The van der Waals surface area contributed by atoms with E-state index in [1.165, 1.54) is 0 Å². The SMILES string of the molecule is CC(C)(C)NC(=O)NC1CC(=O)N(C2CNC2)C1. The van der Waals surface area contributed by atoms with E-state index in [0.717, 1.165) is 13.1 Å². The van der Waals surface area contributed by atoms with E-state index in [4.69, 9.17) is 0 Å². The summed E-state index contributed by atoms with van der Waals surface area (Å²) in [4.78, 5) is 25.4. The van der Waals surface area contributed by atoms with E-state index in [2.05, 4.69) is 16.0 Å². The van der Waals surface area contributed by atoms with Crippen molar-refractivity contribution in [1.29, 1.82) is 0 Å². The number of carbonyl (C=O) groups excluding carboxylic acids is 2. The molecule has 0 aliphatic carbocycles. The summed E-state index contributed by atoms with van der Waals surface area (Å²) >= 11 is 0. The standard InChI is InChI=1S/C12H22N4O2/c1-12(2,3)15-11(18)14-8-4-10(17)16(7-8)9-5-13-6-9/h8-9,13H,4-7H2,1-3H3,(H2,14,15,18). The summed E-state index contributed by atoms with van der Waals surface area (Å²) in [5.41, 5.74) is -0.260. The number of nitrogens with one attached hydrogen (secondary N) is 3. The van der Waals surface area contributed by atoms with E-state index >= 15 is 0 Å². The van der Waals surface area contributed by atoms with Crippen LogP contribution in [0.15, 0.2) is 0 Å². The van der Waals surface area contributed by atoms with Crippen molar-refractivity contribution in [3.05, 3.63) is 0 Å². The predicted molar refractivity (Wildman–Crippen MR) is 68.2 cm³/mol. The topological polar surface area (TPSA) is 73.5 Å². The summed E-state index contributed by atoms with van der Waals surface area (Å²) in [5, 5.41) is 8.86. The molecule has 2 rings (SSSR count). The number of nitrogens with zero attached hydrogens (tertiary/aromatic N) is 1. The first kappa shape index (κ1) is 13.1. The molecule has 1 atom stereocenters. The minimum atomic E-state index is -0.260. The number of amides is 3. The molecule has 0 radical (unpaired) electrons. The zero-order valence-electron chi connectivity index (χ0n) is 11.2. The van der Waals surface area contributed by atoms with Gasteiger partial charge in [-0.15, -0.1) is 0 Å². The van der Waals surface area contributed by atoms with Crippen LogP contribution in [0.1, 0.15) is 27.2 Å². The van der Waals surface area contributed by atoms with Gasteiger partial charge in [-0.3, -0.25) is 4.79 Å². The third kappa shape index (κ3) is 3.13. The molecule has 6 heteroatoms. The molecule has 0 spiro atoms. The van der Waals surface area contributed by atoms with Crippen LogP contribution in [0.3, 0.4) is 0 Å². The Balaban J connectivity index is 1.81. The lowest BCUT2D eigenvalue weighted by molar-refractivity contribution is -0.130. The molecule has 102 valence electrons. The highest BCUT2D eigenvalue weighted by Gasteiger charge is 2.37. The van der Waals surface area contributed by atoms with Crippen molar-refractivity contribution in [1.82, 2.24) is 20.9 Å². The van der Waals surface area contributed by atoms with E-state index in [1.807, 2.05) is 25.7 Å². The average molecular weight is 254 g/mol. The maximum atomic E-state index is 11.8. The maximum Gasteiger partial charge on any atom is 0.315 e. The molecule has 0 aromatic carbocycles. The highest BCUT2D eigenvalue weighted by Crippen LogP contribution is 2.16. The predicted octanol–water partition coefficient (Wildman–Crippen LogP) is -0.343. The first-order valence-electron chi connectivity index (χ1n) is 6.44. The second kappa shape index (κ2) is 4.76. The Kier molecular flexibility index (Phi) is 3.47. The quantitative estimate of drug-likeness (QED) is 0.631. The highest BCUT2D eigenvalue weighted by molar-refractivity contribution is 5.82. The number of hydrogen-bond donors (Lipinski definition) is 3. The number of rotatable bonds is 2. The molecule has 0 bridgehead atoms. The second-order valence-electron chi connectivity index (χ2n) is 6.11. The van der Waals surface area contributed by atoms with E-state index in [-0.39, 0.29) is 23.5 Å². The van der Waals surface area contributed by atoms with Gasteiger partial charge in [0.15, 0.2) is 0 Å². The van der Waals surface area contributed by atoms with Crippen LogP contribution < -0.4 is 16.0 Å². The largest absolute Gasteiger partial charge is 0.335 e. The van der Waals surface area contributed by atoms with Crippen molar-refractivity contribution in [2.24, 2.45) is 0 Å². The van der Waals surface area contributed by atoms with Gasteiger partial charge in [0.05, 0.1) is 12.1 Å². The van der Waals surface area contributed by atoms with E-state index in [9.17, 15) is 9.59 Å². The van der Waals surface area contributed by atoms with E-state index in [1.54, 1.807) is 0 Å². The van der Waals surface area contributed by atoms with Crippen LogP contribution in [0.2, 0.25) is 0 Å². The minimum Gasteiger partial charge on any atom is -0.335 e. The summed E-state index contributed by atoms with van der Waals surface area (Å²) < 4.78 is 0. The molecular formula is C12H22N4O2. The molecular weight excluding hydrogens is 232 g/mol. The molecule has 2 fully saturated rings. The smallest absolute Gasteiger partial charge is 0.315 e. The Morgan fingerprint density at radius 3 is 2.56 bits per heavy atom. The molecule has 3 amide bonds. The van der Waals surface area contributed by atoms with Crippen LogP contribution in [0.5, 0.6) is 0 Å². The lowest BCUT2D eigenvalue weighted by Gasteiger charge is -2.35. The fourth-order valence-electron chi connectivity index (χ4n) is 2.24. The molecule has 2 aliphatic heterocycles. The third-order valence-electron chi connectivity index (χ3n) is 3.18. The Labute approximate surface area is 107 Å². The first-order chi connectivity index (χ1) is 8.35. The van der Waals surface area contributed by atoms with Crippen molar-refractivity contribution < 1.29 is 9.59 Å². The monoisotopic (exact) mass is 254 g/mol. The van der Waals surface area contributed by atoms with Crippen LogP contribution in [0.4, 0.5) is 4.79 Å². The van der Waals surface area contributed by atoms with Gasteiger partial charge >= 0.3 is 6.03 Å². The Morgan fingerprint density at radius 1 is 1.39 bits per heavy atom. The Morgan fingerprint density at radius 2 is 2.06 bits per heavy atom. The van der Waals surface area contributed by atoms with Gasteiger partial charge in [-0.25, -0.2) is 4.79 Å². The maximum absolute atomic E-state index is 11.8. The summed E-state index contributed by atoms with van der Waals surface area (Å²) in [6, 6.07) is 0.0457. The number of likely N-dealkylation sites (tertiary alicyclic amines) is 1. The Bertz CT molecular complexity index is 346. The van der Waals surface area contributed by atoms with Gasteiger partial charge in [0.25, 0.3) is 0 Å². The number of carbonyl (C=O) groups is 2. The van der Waals surface area contributed by atoms with E-state index in [0.29, 0.717) is 19.0 Å². The summed E-state index contributed by atoms with van der Waals surface area (Å²) in [6.45, 7) is 8.15. The van der Waals surface area contributed by atoms with Crippen molar-refractivity contribution in [2.75, 3.05) is 19.6 Å². The van der Waals surface area contributed by atoms with Crippen molar-refractivity contribution in [3.8, 4) is 0 Å². The number of urea groups is 1. The van der Waals surface area contributed by atoms with Gasteiger partial charge < -0.3 is 20.9 Å². The zero-order chi connectivity index (χ0) is 13.3. The molecule has 2 saturated heterocycles. The molecule has 6 nitrogen and oxygen atoms in total. The third-order valence-corrected chi connectivity index (χ3v) is 3.18. The normalized spacial score (nSPS) is 24.9. The molecule has 18 heavy (non-hydrogen) atoms. The van der Waals surface area contributed by atoms with Gasteiger partial charge in [-0.05, 0) is 20.8 Å². The zero-order valence-corrected chi connectivity index (χ0v) is 11.2. The molecule has 0 saturated carbocycles. The molecule has 0 aromatic heterocycles. The van der Waals surface area contributed by atoms with Crippen LogP contribution in [0, 0.1) is 0 Å². The minimum absolute atomic E-state index is 0.0690. The fraction of sp³-hybridized carbons (Fsp3) is 0.833. The summed E-state index contributed by atoms with van der Waals surface area (Å²) in [7, 11) is 0. The van der Waals surface area contributed by atoms with Crippen LogP contribution in [-0.2, 0) is 4.79 Å². The summed E-state index contributed by atoms with van der Waals surface area (Å²) in [5.74, 6) is 0.141. The van der Waals surface area contributed by atoms with Gasteiger partial charge in [0, 0.05) is 31.6 Å². The average Bonchev–Trinajstić information content (AvgIpc) is 2.40. The van der Waals surface area contributed by atoms with Crippen LogP contribution in [-0.4, -0.2) is 54.1 Å². The molecule has 2 aliphatic rings. The summed E-state index contributed by atoms with van der Waals surface area (Å²) in [6.07, 6.45) is 0.411. The van der Waals surface area contributed by atoms with Crippen molar-refractivity contribution >= 4 is 11.9 Å². The molecule has 3 N–H and O–H groups in total. The first-order valence-corrected chi connectivity index (χ1v) is 6.44. The fourth-order valence-corrected chi connectivity index (χ4v) is 2.24. The van der Waals surface area contributed by atoms with Crippen molar-refractivity contribution in [2.45, 2.75) is 44.8 Å².